The first-order valence-electron chi connectivity index (χ1n) is 6.15. The van der Waals surface area contributed by atoms with Gasteiger partial charge in [0, 0.05) is 11.1 Å². The largest absolute Gasteiger partial charge is 0.486 e. The zero-order chi connectivity index (χ0) is 14.1. The second-order valence-corrected chi connectivity index (χ2v) is 4.77. The fourth-order valence-corrected chi connectivity index (χ4v) is 2.28. The number of nitrogens with two attached hydrogens (primary N) is 1. The second kappa shape index (κ2) is 5.06. The van der Waals surface area contributed by atoms with Crippen LogP contribution in [0, 0.1) is 0 Å². The molecule has 0 saturated heterocycles. The Morgan fingerprint density at radius 2 is 1.85 bits per heavy atom. The fraction of sp³-hybridized carbons (Fsp3) is 0.133. The monoisotopic (exact) mass is 289 g/mol. The number of carbonyl (C=O) groups excluding carboxylic acids is 1. The zero-order valence-electron chi connectivity index (χ0n) is 10.6. The summed E-state index contributed by atoms with van der Waals surface area (Å²) >= 11 is 6.08. The molecule has 2 aromatic rings. The Hall–Kier alpha value is -2.20. The molecule has 1 heterocycles. The third-order valence-electron chi connectivity index (χ3n) is 3.08. The van der Waals surface area contributed by atoms with E-state index in [0.717, 1.165) is 0 Å². The molecule has 0 radical (unpaired) electrons. The molecule has 4 nitrogen and oxygen atoms in total. The molecule has 0 amide bonds. The lowest BCUT2D eigenvalue weighted by Crippen LogP contribution is -2.16. The van der Waals surface area contributed by atoms with E-state index < -0.39 is 0 Å². The molecule has 0 fully saturated rings. The lowest BCUT2D eigenvalue weighted by molar-refractivity contribution is 0.103. The van der Waals surface area contributed by atoms with E-state index in [1.54, 1.807) is 36.4 Å². The average molecular weight is 290 g/mol. The quantitative estimate of drug-likeness (QED) is 0.682. The van der Waals surface area contributed by atoms with Crippen molar-refractivity contribution in [1.82, 2.24) is 0 Å². The lowest BCUT2D eigenvalue weighted by Gasteiger charge is -2.18. The van der Waals surface area contributed by atoms with Crippen molar-refractivity contribution < 1.29 is 14.3 Å². The molecule has 2 aromatic carbocycles. The summed E-state index contributed by atoms with van der Waals surface area (Å²) < 4.78 is 10.9. The smallest absolute Gasteiger partial charge is 0.194 e. The van der Waals surface area contributed by atoms with Crippen molar-refractivity contribution in [3.05, 3.63) is 52.5 Å². The van der Waals surface area contributed by atoms with Crippen molar-refractivity contribution in [2.45, 2.75) is 0 Å². The minimum absolute atomic E-state index is 0.195. The summed E-state index contributed by atoms with van der Waals surface area (Å²) in [6.45, 7) is 0.991. The molecule has 0 saturated carbocycles. The summed E-state index contributed by atoms with van der Waals surface area (Å²) in [4.78, 5) is 12.5. The summed E-state index contributed by atoms with van der Waals surface area (Å²) in [5.41, 5.74) is 6.97. The summed E-state index contributed by atoms with van der Waals surface area (Å²) in [5.74, 6) is 1.02. The first-order valence-corrected chi connectivity index (χ1v) is 6.53. The molecule has 5 heteroatoms. The number of hydrogen-bond acceptors (Lipinski definition) is 4. The zero-order valence-corrected chi connectivity index (χ0v) is 11.3. The minimum atomic E-state index is -0.195. The van der Waals surface area contributed by atoms with Crippen molar-refractivity contribution in [2.75, 3.05) is 18.9 Å². The summed E-state index contributed by atoms with van der Waals surface area (Å²) in [6.07, 6.45) is 0. The first-order chi connectivity index (χ1) is 9.66. The third kappa shape index (κ3) is 2.18. The number of fused-ring (bicyclic) bond motifs is 1. The molecule has 20 heavy (non-hydrogen) atoms. The van der Waals surface area contributed by atoms with Crippen molar-refractivity contribution in [3.63, 3.8) is 0 Å². The van der Waals surface area contributed by atoms with Gasteiger partial charge in [0.2, 0.25) is 0 Å². The van der Waals surface area contributed by atoms with E-state index in [-0.39, 0.29) is 10.8 Å². The van der Waals surface area contributed by atoms with Crippen molar-refractivity contribution in [3.8, 4) is 11.5 Å². The topological polar surface area (TPSA) is 61.6 Å². The van der Waals surface area contributed by atoms with Gasteiger partial charge >= 0.3 is 0 Å². The molecule has 102 valence electrons. The van der Waals surface area contributed by atoms with Gasteiger partial charge in [-0.15, -0.1) is 0 Å². The van der Waals surface area contributed by atoms with Crippen LogP contribution in [0.4, 0.5) is 5.69 Å². The van der Waals surface area contributed by atoms with Gasteiger partial charge in [0.05, 0.1) is 10.7 Å². The maximum atomic E-state index is 12.5. The van der Waals surface area contributed by atoms with Gasteiger partial charge in [-0.25, -0.2) is 0 Å². The lowest BCUT2D eigenvalue weighted by atomic mass is 10.0. The summed E-state index contributed by atoms with van der Waals surface area (Å²) in [7, 11) is 0. The number of halogens is 1. The average Bonchev–Trinajstić information content (AvgIpc) is 2.49. The van der Waals surface area contributed by atoms with Crippen LogP contribution >= 0.6 is 11.6 Å². The van der Waals surface area contributed by atoms with Crippen molar-refractivity contribution >= 4 is 23.1 Å². The van der Waals surface area contributed by atoms with Gasteiger partial charge in [-0.3, -0.25) is 4.79 Å². The molecule has 0 aromatic heterocycles. The van der Waals surface area contributed by atoms with Crippen LogP contribution in [0.5, 0.6) is 11.5 Å². The highest BCUT2D eigenvalue weighted by atomic mass is 35.5. The summed E-state index contributed by atoms with van der Waals surface area (Å²) in [6, 6.07) is 10.1. The van der Waals surface area contributed by atoms with Gasteiger partial charge < -0.3 is 15.2 Å². The van der Waals surface area contributed by atoms with Gasteiger partial charge in [0.15, 0.2) is 17.3 Å². The Morgan fingerprint density at radius 1 is 1.10 bits per heavy atom. The number of rotatable bonds is 2. The van der Waals surface area contributed by atoms with E-state index in [2.05, 4.69) is 0 Å². The molecule has 3 rings (SSSR count). The van der Waals surface area contributed by atoms with Crippen LogP contribution in [-0.2, 0) is 0 Å². The number of ketones is 1. The molecule has 1 aliphatic rings. The Balaban J connectivity index is 2.00. The van der Waals surface area contributed by atoms with Gasteiger partial charge in [0.25, 0.3) is 0 Å². The number of ether oxygens (including phenoxy) is 2. The molecule has 2 N–H and O–H groups in total. The van der Waals surface area contributed by atoms with E-state index in [9.17, 15) is 4.79 Å². The van der Waals surface area contributed by atoms with E-state index >= 15 is 0 Å². The van der Waals surface area contributed by atoms with Gasteiger partial charge in [-0.1, -0.05) is 17.7 Å². The molecule has 0 aliphatic carbocycles. The fourth-order valence-electron chi connectivity index (χ4n) is 2.07. The SMILES string of the molecule is Nc1cccc(C(=O)c2ccc3c(c2)OCCO3)c1Cl. The Kier molecular flexibility index (Phi) is 3.24. The van der Waals surface area contributed by atoms with Gasteiger partial charge in [-0.2, -0.15) is 0 Å². The van der Waals surface area contributed by atoms with E-state index in [1.165, 1.54) is 0 Å². The molecule has 1 aliphatic heterocycles. The minimum Gasteiger partial charge on any atom is -0.486 e. The summed E-state index contributed by atoms with van der Waals surface area (Å²) in [5, 5.41) is 0.271. The highest BCUT2D eigenvalue weighted by Crippen LogP contribution is 2.32. The first kappa shape index (κ1) is 12.8. The van der Waals surface area contributed by atoms with Crippen LogP contribution in [0.2, 0.25) is 5.02 Å². The molecule has 0 atom stereocenters. The highest BCUT2D eigenvalue weighted by molar-refractivity contribution is 6.37. The van der Waals surface area contributed by atoms with Crippen LogP contribution < -0.4 is 15.2 Å². The Labute approximate surface area is 121 Å². The van der Waals surface area contributed by atoms with Crippen molar-refractivity contribution in [2.24, 2.45) is 0 Å². The predicted octanol–water partition coefficient (Wildman–Crippen LogP) is 2.92. The molecule has 0 unspecified atom stereocenters. The van der Waals surface area contributed by atoms with Gasteiger partial charge in [-0.05, 0) is 30.3 Å². The normalized spacial score (nSPS) is 13.1. The van der Waals surface area contributed by atoms with E-state index in [1.807, 2.05) is 0 Å². The molecule has 0 spiro atoms. The Morgan fingerprint density at radius 3 is 2.65 bits per heavy atom. The molecule has 0 bridgehead atoms. The number of benzene rings is 2. The highest BCUT2D eigenvalue weighted by Gasteiger charge is 2.18. The van der Waals surface area contributed by atoms with E-state index in [4.69, 9.17) is 26.8 Å². The van der Waals surface area contributed by atoms with Crippen LogP contribution in [0.1, 0.15) is 15.9 Å². The van der Waals surface area contributed by atoms with Crippen LogP contribution in [-0.4, -0.2) is 19.0 Å². The van der Waals surface area contributed by atoms with E-state index in [0.29, 0.717) is 41.5 Å². The standard InChI is InChI=1S/C15H12ClNO3/c16-14-10(2-1-3-11(14)17)15(18)9-4-5-12-13(8-9)20-7-6-19-12/h1-5,8H,6-7,17H2. The second-order valence-electron chi connectivity index (χ2n) is 4.40. The molecular formula is C15H12ClNO3. The number of nitrogen functional groups attached to an aromatic ring is 1. The predicted molar refractivity (Wildman–Crippen MR) is 76.7 cm³/mol. The third-order valence-corrected chi connectivity index (χ3v) is 3.50. The Bertz CT molecular complexity index is 685. The number of hydrogen-bond donors (Lipinski definition) is 1. The number of carbonyl (C=O) groups is 1. The van der Waals surface area contributed by atoms with Gasteiger partial charge in [0.1, 0.15) is 13.2 Å². The van der Waals surface area contributed by atoms with Crippen LogP contribution in [0.15, 0.2) is 36.4 Å². The maximum Gasteiger partial charge on any atom is 0.194 e. The molecular weight excluding hydrogens is 278 g/mol. The number of anilines is 1. The van der Waals surface area contributed by atoms with Crippen LogP contribution in [0.3, 0.4) is 0 Å². The maximum absolute atomic E-state index is 12.5. The van der Waals surface area contributed by atoms with Crippen molar-refractivity contribution in [1.29, 1.82) is 0 Å². The van der Waals surface area contributed by atoms with Crippen LogP contribution in [0.25, 0.3) is 0 Å².